The van der Waals surface area contributed by atoms with Crippen molar-refractivity contribution in [2.75, 3.05) is 27.9 Å². The number of nitrogens with one attached hydrogen (secondary N) is 1. The molecule has 1 N–H and O–H groups in total. The van der Waals surface area contributed by atoms with Gasteiger partial charge in [-0.3, -0.25) is 0 Å². The maximum absolute atomic E-state index is 5.31. The van der Waals surface area contributed by atoms with E-state index in [4.69, 9.17) is 9.47 Å². The van der Waals surface area contributed by atoms with Crippen molar-refractivity contribution in [1.29, 1.82) is 0 Å². The average Bonchev–Trinajstić information content (AvgIpc) is 2.54. The van der Waals surface area contributed by atoms with Crippen LogP contribution in [0.2, 0.25) is 0 Å². The number of hydrogen-bond acceptors (Lipinski definition) is 3. The molecule has 0 bridgehead atoms. The summed E-state index contributed by atoms with van der Waals surface area (Å²) in [5.74, 6) is 0.890. The van der Waals surface area contributed by atoms with Gasteiger partial charge in [0.2, 0.25) is 0 Å². The molecular formula is C18H23NO2. The van der Waals surface area contributed by atoms with Crippen LogP contribution in [-0.4, -0.2) is 27.9 Å². The lowest BCUT2D eigenvalue weighted by molar-refractivity contribution is 0.202. The number of ether oxygens (including phenoxy) is 2. The highest BCUT2D eigenvalue weighted by Crippen LogP contribution is 2.27. The molecule has 0 unspecified atom stereocenters. The van der Waals surface area contributed by atoms with Crippen molar-refractivity contribution < 1.29 is 9.47 Å². The predicted molar refractivity (Wildman–Crippen MR) is 86.8 cm³/mol. The molecular weight excluding hydrogens is 262 g/mol. The first-order valence-electron chi connectivity index (χ1n) is 7.18. The van der Waals surface area contributed by atoms with E-state index in [1.54, 1.807) is 14.2 Å². The van der Waals surface area contributed by atoms with Crippen LogP contribution in [0.1, 0.15) is 11.1 Å². The third-order valence-corrected chi connectivity index (χ3v) is 3.54. The first-order chi connectivity index (χ1) is 10.3. The Morgan fingerprint density at radius 2 is 1.76 bits per heavy atom. The topological polar surface area (TPSA) is 30.5 Å². The van der Waals surface area contributed by atoms with E-state index >= 15 is 0 Å². The Balaban J connectivity index is 2.27. The molecule has 0 aliphatic carbocycles. The van der Waals surface area contributed by atoms with Crippen molar-refractivity contribution in [3.63, 3.8) is 0 Å². The van der Waals surface area contributed by atoms with E-state index in [1.165, 1.54) is 22.3 Å². The third kappa shape index (κ3) is 4.06. The number of rotatable bonds is 7. The van der Waals surface area contributed by atoms with Crippen molar-refractivity contribution >= 4 is 0 Å². The molecule has 2 aromatic carbocycles. The Hall–Kier alpha value is -1.84. The van der Waals surface area contributed by atoms with Gasteiger partial charge in [-0.1, -0.05) is 30.3 Å². The molecule has 0 fully saturated rings. The highest BCUT2D eigenvalue weighted by molar-refractivity contribution is 5.68. The second-order valence-corrected chi connectivity index (χ2v) is 4.99. The first kappa shape index (κ1) is 15.5. The third-order valence-electron chi connectivity index (χ3n) is 3.54. The zero-order valence-corrected chi connectivity index (χ0v) is 13.0. The van der Waals surface area contributed by atoms with Gasteiger partial charge in [0, 0.05) is 13.7 Å². The fourth-order valence-electron chi connectivity index (χ4n) is 2.39. The highest BCUT2D eigenvalue weighted by Gasteiger charge is 2.06. The summed E-state index contributed by atoms with van der Waals surface area (Å²) in [4.78, 5) is 0. The van der Waals surface area contributed by atoms with E-state index < -0.39 is 0 Å². The Labute approximate surface area is 126 Å². The molecule has 0 aromatic heterocycles. The molecule has 0 saturated heterocycles. The molecule has 2 aromatic rings. The molecule has 0 radical (unpaired) electrons. The smallest absolute Gasteiger partial charge is 0.119 e. The predicted octanol–water partition coefficient (Wildman–Crippen LogP) is 3.27. The van der Waals surface area contributed by atoms with Gasteiger partial charge in [0.25, 0.3) is 0 Å². The minimum atomic E-state index is 0.757. The van der Waals surface area contributed by atoms with Crippen LogP contribution >= 0.6 is 0 Å². The van der Waals surface area contributed by atoms with Gasteiger partial charge in [-0.2, -0.15) is 0 Å². The van der Waals surface area contributed by atoms with E-state index in [9.17, 15) is 0 Å². The summed E-state index contributed by atoms with van der Waals surface area (Å²) in [6.45, 7) is 1.57. The molecule has 0 aliphatic heterocycles. The molecule has 21 heavy (non-hydrogen) atoms. The van der Waals surface area contributed by atoms with Crippen molar-refractivity contribution in [2.24, 2.45) is 0 Å². The van der Waals surface area contributed by atoms with Crippen LogP contribution in [0.25, 0.3) is 11.1 Å². The van der Waals surface area contributed by atoms with Gasteiger partial charge in [-0.25, -0.2) is 0 Å². The number of methoxy groups -OCH3 is 2. The molecule has 0 heterocycles. The van der Waals surface area contributed by atoms with E-state index in [-0.39, 0.29) is 0 Å². The summed E-state index contributed by atoms with van der Waals surface area (Å²) >= 11 is 0. The average molecular weight is 285 g/mol. The van der Waals surface area contributed by atoms with Gasteiger partial charge >= 0.3 is 0 Å². The van der Waals surface area contributed by atoms with Crippen LogP contribution in [0.3, 0.4) is 0 Å². The summed E-state index contributed by atoms with van der Waals surface area (Å²) in [5, 5.41) is 3.21. The Bertz CT molecular complexity index is 564. The first-order valence-corrected chi connectivity index (χ1v) is 7.18. The van der Waals surface area contributed by atoms with Crippen LogP contribution in [-0.2, 0) is 17.7 Å². The van der Waals surface area contributed by atoms with E-state index in [1.807, 2.05) is 13.1 Å². The minimum absolute atomic E-state index is 0.757. The van der Waals surface area contributed by atoms with Crippen molar-refractivity contribution in [3.05, 3.63) is 53.6 Å². The number of benzene rings is 2. The van der Waals surface area contributed by atoms with Crippen molar-refractivity contribution in [2.45, 2.75) is 13.0 Å². The minimum Gasteiger partial charge on any atom is -0.497 e. The summed E-state index contributed by atoms with van der Waals surface area (Å²) in [6, 6.07) is 14.9. The molecule has 0 atom stereocenters. The van der Waals surface area contributed by atoms with Crippen LogP contribution in [0, 0.1) is 0 Å². The lowest BCUT2D eigenvalue weighted by Gasteiger charge is -2.12. The summed E-state index contributed by atoms with van der Waals surface area (Å²) in [5.41, 5.74) is 5.00. The van der Waals surface area contributed by atoms with Crippen LogP contribution < -0.4 is 10.1 Å². The molecule has 0 amide bonds. The lowest BCUT2D eigenvalue weighted by Crippen LogP contribution is -2.06. The Morgan fingerprint density at radius 1 is 1.00 bits per heavy atom. The standard InChI is InChI=1S/C18H23NO2/c1-19-13-16-12-17(21-3)8-9-18(16)15-6-4-14(5-7-15)10-11-20-2/h4-9,12,19H,10-11,13H2,1-3H3. The lowest BCUT2D eigenvalue weighted by atomic mass is 9.98. The largest absolute Gasteiger partial charge is 0.497 e. The van der Waals surface area contributed by atoms with Crippen LogP contribution in [0.5, 0.6) is 5.75 Å². The van der Waals surface area contributed by atoms with Crippen molar-refractivity contribution in [3.8, 4) is 16.9 Å². The zero-order valence-electron chi connectivity index (χ0n) is 13.0. The summed E-state index contributed by atoms with van der Waals surface area (Å²) < 4.78 is 10.4. The van der Waals surface area contributed by atoms with E-state index in [0.717, 1.165) is 25.3 Å². The van der Waals surface area contributed by atoms with Gasteiger partial charge in [-0.15, -0.1) is 0 Å². The normalized spacial score (nSPS) is 10.6. The van der Waals surface area contributed by atoms with E-state index in [0.29, 0.717) is 0 Å². The van der Waals surface area contributed by atoms with Gasteiger partial charge < -0.3 is 14.8 Å². The molecule has 0 saturated carbocycles. The fourth-order valence-corrected chi connectivity index (χ4v) is 2.39. The zero-order chi connectivity index (χ0) is 15.1. The van der Waals surface area contributed by atoms with Gasteiger partial charge in [-0.05, 0) is 47.9 Å². The molecule has 0 aliphatic rings. The molecule has 0 spiro atoms. The second-order valence-electron chi connectivity index (χ2n) is 4.99. The van der Waals surface area contributed by atoms with Gasteiger partial charge in [0.1, 0.15) is 5.75 Å². The SMILES string of the molecule is CNCc1cc(OC)ccc1-c1ccc(CCOC)cc1. The van der Waals surface area contributed by atoms with Crippen molar-refractivity contribution in [1.82, 2.24) is 5.32 Å². The van der Waals surface area contributed by atoms with Gasteiger partial charge in [0.05, 0.1) is 13.7 Å². The Morgan fingerprint density at radius 3 is 2.38 bits per heavy atom. The molecule has 2 rings (SSSR count). The van der Waals surface area contributed by atoms with E-state index in [2.05, 4.69) is 41.7 Å². The Kier molecular flexibility index (Phi) is 5.78. The molecule has 3 nitrogen and oxygen atoms in total. The summed E-state index contributed by atoms with van der Waals surface area (Å²) in [6.07, 6.45) is 0.947. The highest BCUT2D eigenvalue weighted by atomic mass is 16.5. The number of hydrogen-bond donors (Lipinski definition) is 1. The fraction of sp³-hybridized carbons (Fsp3) is 0.333. The molecule has 3 heteroatoms. The van der Waals surface area contributed by atoms with Crippen LogP contribution in [0.4, 0.5) is 0 Å². The van der Waals surface area contributed by atoms with Gasteiger partial charge in [0.15, 0.2) is 0 Å². The maximum Gasteiger partial charge on any atom is 0.119 e. The second kappa shape index (κ2) is 7.81. The monoisotopic (exact) mass is 285 g/mol. The quantitative estimate of drug-likeness (QED) is 0.847. The van der Waals surface area contributed by atoms with Crippen LogP contribution in [0.15, 0.2) is 42.5 Å². The molecule has 112 valence electrons. The summed E-state index contributed by atoms with van der Waals surface area (Å²) in [7, 11) is 5.38. The maximum atomic E-state index is 5.31.